The third-order valence-electron chi connectivity index (χ3n) is 9.31. The molecule has 3 aliphatic rings. The van der Waals surface area contributed by atoms with Crippen LogP contribution in [0.1, 0.15) is 67.8 Å². The van der Waals surface area contributed by atoms with Gasteiger partial charge in [0.1, 0.15) is 12.4 Å². The van der Waals surface area contributed by atoms with E-state index >= 15 is 0 Å². The molecule has 0 saturated carbocycles. The number of rotatable bonds is 9. The first-order chi connectivity index (χ1) is 19.9. The van der Waals surface area contributed by atoms with Crippen molar-refractivity contribution in [2.24, 2.45) is 5.92 Å². The summed E-state index contributed by atoms with van der Waals surface area (Å²) >= 11 is 0. The molecule has 5 rings (SSSR count). The number of benzene rings is 1. The van der Waals surface area contributed by atoms with Crippen LogP contribution in [0.5, 0.6) is 6.01 Å². The summed E-state index contributed by atoms with van der Waals surface area (Å²) in [5.41, 5.74) is 5.15. The third kappa shape index (κ3) is 6.41. The second kappa shape index (κ2) is 13.0. The Labute approximate surface area is 245 Å². The van der Waals surface area contributed by atoms with E-state index in [9.17, 15) is 10.1 Å². The average molecular weight is 557 g/mol. The van der Waals surface area contributed by atoms with Gasteiger partial charge in [-0.2, -0.15) is 15.2 Å². The Morgan fingerprint density at radius 1 is 1.22 bits per heavy atom. The van der Waals surface area contributed by atoms with Gasteiger partial charge in [0, 0.05) is 31.2 Å². The highest BCUT2D eigenvalue weighted by atomic mass is 16.5. The molecule has 1 aromatic heterocycles. The molecule has 2 saturated heterocycles. The first kappa shape index (κ1) is 29.1. The second-order valence-corrected chi connectivity index (χ2v) is 12.0. The molecular formula is C33H44N6O2. The van der Waals surface area contributed by atoms with Gasteiger partial charge in [-0.3, -0.25) is 4.79 Å². The van der Waals surface area contributed by atoms with Gasteiger partial charge < -0.3 is 19.4 Å². The Morgan fingerprint density at radius 2 is 2.05 bits per heavy atom. The van der Waals surface area contributed by atoms with Gasteiger partial charge in [-0.05, 0) is 81.2 Å². The largest absolute Gasteiger partial charge is 0.462 e. The van der Waals surface area contributed by atoms with Gasteiger partial charge in [0.25, 0.3) is 0 Å². The van der Waals surface area contributed by atoms with Gasteiger partial charge in [0.15, 0.2) is 0 Å². The lowest BCUT2D eigenvalue weighted by Gasteiger charge is -2.41. The molecule has 0 bridgehead atoms. The van der Waals surface area contributed by atoms with Crippen molar-refractivity contribution in [2.75, 3.05) is 44.7 Å². The highest BCUT2D eigenvalue weighted by Gasteiger charge is 2.33. The lowest BCUT2D eigenvalue weighted by atomic mass is 9.76. The molecule has 0 spiro atoms. The van der Waals surface area contributed by atoms with Gasteiger partial charge in [-0.15, -0.1) is 0 Å². The van der Waals surface area contributed by atoms with Crippen LogP contribution in [-0.2, 0) is 24.1 Å². The zero-order chi connectivity index (χ0) is 28.9. The van der Waals surface area contributed by atoms with E-state index in [1.165, 1.54) is 23.6 Å². The Bertz CT molecular complexity index is 1290. The molecule has 218 valence electrons. The van der Waals surface area contributed by atoms with Crippen molar-refractivity contribution >= 4 is 11.7 Å². The molecular weight excluding hydrogens is 512 g/mol. The normalized spacial score (nSPS) is 24.5. The Kier molecular flexibility index (Phi) is 9.24. The van der Waals surface area contributed by atoms with Gasteiger partial charge in [0.2, 0.25) is 5.91 Å². The first-order valence-electron chi connectivity index (χ1n) is 15.3. The van der Waals surface area contributed by atoms with Crippen molar-refractivity contribution in [1.82, 2.24) is 19.8 Å². The van der Waals surface area contributed by atoms with Gasteiger partial charge >= 0.3 is 6.01 Å². The van der Waals surface area contributed by atoms with Crippen molar-refractivity contribution in [3.8, 4) is 12.1 Å². The number of carbonyl (C=O) groups is 1. The van der Waals surface area contributed by atoms with Crippen LogP contribution in [0, 0.1) is 17.2 Å². The average Bonchev–Trinajstić information content (AvgIpc) is 3.40. The number of anilines is 1. The van der Waals surface area contributed by atoms with Crippen LogP contribution >= 0.6 is 0 Å². The summed E-state index contributed by atoms with van der Waals surface area (Å²) in [6.45, 7) is 11.6. The Hall–Kier alpha value is -3.44. The summed E-state index contributed by atoms with van der Waals surface area (Å²) < 4.78 is 6.33. The third-order valence-corrected chi connectivity index (χ3v) is 9.31. The highest BCUT2D eigenvalue weighted by molar-refractivity contribution is 5.87. The molecule has 41 heavy (non-hydrogen) atoms. The molecule has 2 aromatic rings. The molecule has 1 aromatic carbocycles. The number of hydrogen-bond acceptors (Lipinski definition) is 7. The molecule has 8 nitrogen and oxygen atoms in total. The second-order valence-electron chi connectivity index (χ2n) is 12.0. The molecule has 0 radical (unpaired) electrons. The van der Waals surface area contributed by atoms with Gasteiger partial charge in [-0.1, -0.05) is 44.7 Å². The zero-order valence-electron chi connectivity index (χ0n) is 24.9. The van der Waals surface area contributed by atoms with Crippen LogP contribution in [0.25, 0.3) is 0 Å². The molecule has 2 fully saturated rings. The number of hydrogen-bond donors (Lipinski definition) is 0. The number of likely N-dealkylation sites (tertiary alicyclic amines) is 1. The van der Waals surface area contributed by atoms with Gasteiger partial charge in [-0.25, -0.2) is 0 Å². The van der Waals surface area contributed by atoms with Crippen LogP contribution in [0.3, 0.4) is 0 Å². The van der Waals surface area contributed by atoms with E-state index < -0.39 is 0 Å². The van der Waals surface area contributed by atoms with Crippen LogP contribution in [-0.4, -0.2) is 77.6 Å². The van der Waals surface area contributed by atoms with Crippen molar-refractivity contribution < 1.29 is 9.53 Å². The minimum atomic E-state index is -0.213. The van der Waals surface area contributed by atoms with E-state index in [2.05, 4.69) is 67.6 Å². The monoisotopic (exact) mass is 556 g/mol. The number of likely N-dealkylation sites (N-methyl/N-ethyl adjacent to an activating group) is 1. The summed E-state index contributed by atoms with van der Waals surface area (Å²) in [5.74, 6) is 1.79. The standard InChI is InChI=1S/C33H44N6O2/c1-5-28-30(20-24-18-23(3)29-12-8-7-10-25(29)19-24)35-33(41-22-27-11-9-15-37(27)4)36-32(28)38-16-17-39(31(40)6-2)26(21-38)13-14-34/h6-8,10,12,23-24,26-27H,2,5,9,11,13,15-22H2,1,3-4H3/t23?,24-,26?,27?/m1/s1. The van der Waals surface area contributed by atoms with Crippen molar-refractivity contribution in [1.29, 1.82) is 5.26 Å². The topological polar surface area (TPSA) is 85.6 Å². The number of fused-ring (bicyclic) bond motifs is 1. The van der Waals surface area contributed by atoms with Crippen LogP contribution in [0.2, 0.25) is 0 Å². The minimum Gasteiger partial charge on any atom is -0.462 e. The zero-order valence-corrected chi connectivity index (χ0v) is 24.9. The predicted molar refractivity (Wildman–Crippen MR) is 161 cm³/mol. The summed E-state index contributed by atoms with van der Waals surface area (Å²) in [7, 11) is 2.15. The molecule has 3 heterocycles. The first-order valence-corrected chi connectivity index (χ1v) is 15.3. The lowest BCUT2D eigenvalue weighted by Crippen LogP contribution is -2.55. The molecule has 3 unspecified atom stereocenters. The number of carbonyl (C=O) groups excluding carboxylic acids is 1. The summed E-state index contributed by atoms with van der Waals surface area (Å²) in [6, 6.07) is 11.7. The molecule has 4 atom stereocenters. The van der Waals surface area contributed by atoms with Crippen molar-refractivity contribution in [2.45, 2.75) is 76.8 Å². The lowest BCUT2D eigenvalue weighted by molar-refractivity contribution is -0.128. The molecule has 0 N–H and O–H groups in total. The fourth-order valence-electron chi connectivity index (χ4n) is 7.10. The van der Waals surface area contributed by atoms with E-state index in [0.29, 0.717) is 50.1 Å². The number of piperazine rings is 1. The van der Waals surface area contributed by atoms with E-state index in [0.717, 1.165) is 55.7 Å². The van der Waals surface area contributed by atoms with E-state index in [4.69, 9.17) is 14.7 Å². The van der Waals surface area contributed by atoms with Crippen molar-refractivity contribution in [3.05, 3.63) is 59.3 Å². The fraction of sp³-hybridized carbons (Fsp3) is 0.576. The number of aromatic nitrogens is 2. The fourth-order valence-corrected chi connectivity index (χ4v) is 7.10. The Morgan fingerprint density at radius 3 is 2.78 bits per heavy atom. The van der Waals surface area contributed by atoms with E-state index in [1.807, 2.05) is 0 Å². The Balaban J connectivity index is 1.45. The van der Waals surface area contributed by atoms with E-state index in [1.54, 1.807) is 4.90 Å². The quantitative estimate of drug-likeness (QED) is 0.419. The maximum absolute atomic E-state index is 12.5. The summed E-state index contributed by atoms with van der Waals surface area (Å²) in [5, 5.41) is 9.52. The molecule has 1 aliphatic carbocycles. The molecule has 1 amide bonds. The van der Waals surface area contributed by atoms with Crippen LogP contribution in [0.15, 0.2) is 36.9 Å². The minimum absolute atomic E-state index is 0.125. The summed E-state index contributed by atoms with van der Waals surface area (Å²) in [4.78, 5) is 29.0. The highest BCUT2D eigenvalue weighted by Crippen LogP contribution is 2.37. The van der Waals surface area contributed by atoms with Gasteiger partial charge in [0.05, 0.1) is 24.2 Å². The van der Waals surface area contributed by atoms with Crippen LogP contribution in [0.4, 0.5) is 5.82 Å². The van der Waals surface area contributed by atoms with Crippen LogP contribution < -0.4 is 9.64 Å². The number of nitriles is 1. The number of amides is 1. The smallest absolute Gasteiger partial charge is 0.318 e. The number of nitrogens with zero attached hydrogens (tertiary/aromatic N) is 6. The molecule has 2 aliphatic heterocycles. The molecule has 8 heteroatoms. The summed E-state index contributed by atoms with van der Waals surface area (Å²) in [6.07, 6.45) is 7.80. The predicted octanol–water partition coefficient (Wildman–Crippen LogP) is 4.54. The SMILES string of the molecule is C=CC(=O)N1CCN(c2nc(OCC3CCCN3C)nc(C[C@H]3Cc4ccccc4C(C)C3)c2CC)CC1CC#N. The van der Waals surface area contributed by atoms with E-state index in [-0.39, 0.29) is 18.4 Å². The van der Waals surface area contributed by atoms with Crippen molar-refractivity contribution in [3.63, 3.8) is 0 Å². The number of ether oxygens (including phenoxy) is 1. The maximum Gasteiger partial charge on any atom is 0.318 e. The maximum atomic E-state index is 12.5.